The summed E-state index contributed by atoms with van der Waals surface area (Å²) in [7, 11) is 0. The van der Waals surface area contributed by atoms with Crippen molar-refractivity contribution in [2.24, 2.45) is 5.73 Å². The van der Waals surface area contributed by atoms with Gasteiger partial charge < -0.3 is 16.2 Å². The molecule has 2 aromatic carbocycles. The molecular weight excluding hydrogens is 288 g/mol. The predicted molar refractivity (Wildman–Crippen MR) is 92.2 cm³/mol. The molecule has 2 rings (SSSR count). The van der Waals surface area contributed by atoms with E-state index in [9.17, 15) is 9.90 Å². The SMILES string of the molecule is CC(C)c1ccc(CNC(=O)C(N)Cc2ccc(O)cc2)cc1. The van der Waals surface area contributed by atoms with Crippen molar-refractivity contribution in [1.29, 1.82) is 0 Å². The van der Waals surface area contributed by atoms with E-state index in [4.69, 9.17) is 5.73 Å². The molecule has 4 heteroatoms. The number of aromatic hydroxyl groups is 1. The van der Waals surface area contributed by atoms with E-state index in [1.165, 1.54) is 5.56 Å². The molecule has 0 radical (unpaired) electrons. The Hall–Kier alpha value is -2.33. The second-order valence-electron chi connectivity index (χ2n) is 6.09. The van der Waals surface area contributed by atoms with Gasteiger partial charge in [0.15, 0.2) is 0 Å². The molecule has 0 spiro atoms. The second kappa shape index (κ2) is 7.79. The molecule has 0 aliphatic carbocycles. The number of carbonyl (C=O) groups is 1. The standard InChI is InChI=1S/C19H24N2O2/c1-13(2)16-7-3-15(4-8-16)12-21-19(23)18(20)11-14-5-9-17(22)10-6-14/h3-10,13,18,22H,11-12,20H2,1-2H3,(H,21,23). The molecule has 1 atom stereocenters. The molecule has 122 valence electrons. The van der Waals surface area contributed by atoms with Gasteiger partial charge in [-0.15, -0.1) is 0 Å². The Morgan fingerprint density at radius 3 is 2.17 bits per heavy atom. The molecule has 0 fully saturated rings. The zero-order chi connectivity index (χ0) is 16.8. The smallest absolute Gasteiger partial charge is 0.237 e. The van der Waals surface area contributed by atoms with E-state index in [2.05, 4.69) is 31.3 Å². The summed E-state index contributed by atoms with van der Waals surface area (Å²) in [5.41, 5.74) is 9.20. The lowest BCUT2D eigenvalue weighted by molar-refractivity contribution is -0.122. The summed E-state index contributed by atoms with van der Waals surface area (Å²) in [6.45, 7) is 4.78. The quantitative estimate of drug-likeness (QED) is 0.767. The molecule has 4 nitrogen and oxygen atoms in total. The largest absolute Gasteiger partial charge is 0.508 e. The maximum atomic E-state index is 12.1. The van der Waals surface area contributed by atoms with Crippen molar-refractivity contribution in [3.63, 3.8) is 0 Å². The Morgan fingerprint density at radius 1 is 1.04 bits per heavy atom. The normalized spacial score (nSPS) is 12.2. The highest BCUT2D eigenvalue weighted by molar-refractivity contribution is 5.81. The first-order valence-electron chi connectivity index (χ1n) is 7.85. The van der Waals surface area contributed by atoms with E-state index < -0.39 is 6.04 Å². The van der Waals surface area contributed by atoms with Crippen molar-refractivity contribution in [2.75, 3.05) is 0 Å². The van der Waals surface area contributed by atoms with Gasteiger partial charge in [0.2, 0.25) is 5.91 Å². The molecule has 0 aliphatic rings. The van der Waals surface area contributed by atoms with Gasteiger partial charge in [-0.3, -0.25) is 4.79 Å². The van der Waals surface area contributed by atoms with E-state index in [1.807, 2.05) is 12.1 Å². The highest BCUT2D eigenvalue weighted by Crippen LogP contribution is 2.14. The maximum absolute atomic E-state index is 12.1. The van der Waals surface area contributed by atoms with Crippen LogP contribution in [0.1, 0.15) is 36.5 Å². The summed E-state index contributed by atoms with van der Waals surface area (Å²) < 4.78 is 0. The van der Waals surface area contributed by atoms with Gasteiger partial charge in [0, 0.05) is 6.54 Å². The molecule has 4 N–H and O–H groups in total. The third-order valence-corrected chi connectivity index (χ3v) is 3.84. The first-order chi connectivity index (χ1) is 11.0. The Balaban J connectivity index is 1.84. The minimum atomic E-state index is -0.602. The van der Waals surface area contributed by atoms with Gasteiger partial charge in [0.1, 0.15) is 5.75 Å². The third kappa shape index (κ3) is 5.11. The van der Waals surface area contributed by atoms with Crippen molar-refractivity contribution in [1.82, 2.24) is 5.32 Å². The highest BCUT2D eigenvalue weighted by Gasteiger charge is 2.13. The van der Waals surface area contributed by atoms with Crippen LogP contribution in [0.15, 0.2) is 48.5 Å². The zero-order valence-electron chi connectivity index (χ0n) is 13.6. The Bertz CT molecular complexity index is 633. The molecule has 0 aliphatic heterocycles. The average Bonchev–Trinajstić information content (AvgIpc) is 2.55. The van der Waals surface area contributed by atoms with Crippen molar-refractivity contribution in [2.45, 2.75) is 38.8 Å². The third-order valence-electron chi connectivity index (χ3n) is 3.84. The molecule has 0 saturated carbocycles. The monoisotopic (exact) mass is 312 g/mol. The lowest BCUT2D eigenvalue weighted by atomic mass is 10.0. The number of phenolic OH excluding ortho intramolecular Hbond substituents is 1. The maximum Gasteiger partial charge on any atom is 0.237 e. The summed E-state index contributed by atoms with van der Waals surface area (Å²) >= 11 is 0. The Labute approximate surface area is 137 Å². The van der Waals surface area contributed by atoms with E-state index in [1.54, 1.807) is 24.3 Å². The molecule has 2 aromatic rings. The molecule has 23 heavy (non-hydrogen) atoms. The Morgan fingerprint density at radius 2 is 1.61 bits per heavy atom. The lowest BCUT2D eigenvalue weighted by Gasteiger charge is -2.13. The first-order valence-corrected chi connectivity index (χ1v) is 7.85. The lowest BCUT2D eigenvalue weighted by Crippen LogP contribution is -2.41. The van der Waals surface area contributed by atoms with Crippen molar-refractivity contribution in [3.8, 4) is 5.75 Å². The van der Waals surface area contributed by atoms with Gasteiger partial charge in [-0.25, -0.2) is 0 Å². The number of amides is 1. The van der Waals surface area contributed by atoms with Crippen LogP contribution in [0.5, 0.6) is 5.75 Å². The molecule has 0 saturated heterocycles. The molecule has 0 heterocycles. The summed E-state index contributed by atoms with van der Waals surface area (Å²) in [4.78, 5) is 12.1. The van der Waals surface area contributed by atoms with Crippen LogP contribution >= 0.6 is 0 Å². The second-order valence-corrected chi connectivity index (χ2v) is 6.09. The van der Waals surface area contributed by atoms with Crippen LogP contribution in [0.3, 0.4) is 0 Å². The molecular formula is C19H24N2O2. The first kappa shape index (κ1) is 17.0. The number of nitrogens with two attached hydrogens (primary N) is 1. The van der Waals surface area contributed by atoms with E-state index in [0.717, 1.165) is 11.1 Å². The van der Waals surface area contributed by atoms with Gasteiger partial charge in [0.25, 0.3) is 0 Å². The van der Waals surface area contributed by atoms with Gasteiger partial charge in [-0.05, 0) is 41.2 Å². The van der Waals surface area contributed by atoms with Crippen molar-refractivity contribution in [3.05, 3.63) is 65.2 Å². The van der Waals surface area contributed by atoms with Crippen molar-refractivity contribution < 1.29 is 9.90 Å². The number of phenols is 1. The average molecular weight is 312 g/mol. The molecule has 1 amide bonds. The fraction of sp³-hybridized carbons (Fsp3) is 0.316. The van der Waals surface area contributed by atoms with Crippen LogP contribution in [0, 0.1) is 0 Å². The topological polar surface area (TPSA) is 75.4 Å². The Kier molecular flexibility index (Phi) is 5.77. The summed E-state index contributed by atoms with van der Waals surface area (Å²) in [6.07, 6.45) is 0.443. The highest BCUT2D eigenvalue weighted by atomic mass is 16.3. The minimum Gasteiger partial charge on any atom is -0.508 e. The van der Waals surface area contributed by atoms with Crippen LogP contribution in [0.2, 0.25) is 0 Å². The number of rotatable bonds is 6. The molecule has 1 unspecified atom stereocenters. The minimum absolute atomic E-state index is 0.175. The van der Waals surface area contributed by atoms with E-state index in [-0.39, 0.29) is 11.7 Å². The number of hydrogen-bond donors (Lipinski definition) is 3. The molecule has 0 bridgehead atoms. The van der Waals surface area contributed by atoms with Gasteiger partial charge in [0.05, 0.1) is 6.04 Å². The summed E-state index contributed by atoms with van der Waals surface area (Å²) in [5, 5.41) is 12.1. The van der Waals surface area contributed by atoms with Crippen LogP contribution in [0.25, 0.3) is 0 Å². The van der Waals surface area contributed by atoms with Crippen molar-refractivity contribution >= 4 is 5.91 Å². The van der Waals surface area contributed by atoms with Crippen LogP contribution < -0.4 is 11.1 Å². The van der Waals surface area contributed by atoms with Gasteiger partial charge >= 0.3 is 0 Å². The number of carbonyl (C=O) groups excluding carboxylic acids is 1. The van der Waals surface area contributed by atoms with Crippen LogP contribution in [0.4, 0.5) is 0 Å². The fourth-order valence-electron chi connectivity index (χ4n) is 2.32. The molecule has 0 aromatic heterocycles. The van der Waals surface area contributed by atoms with Crippen LogP contribution in [-0.2, 0) is 17.8 Å². The van der Waals surface area contributed by atoms with E-state index in [0.29, 0.717) is 18.9 Å². The summed E-state index contributed by atoms with van der Waals surface area (Å²) in [6, 6.07) is 14.4. The zero-order valence-corrected chi connectivity index (χ0v) is 13.6. The number of nitrogens with one attached hydrogen (secondary N) is 1. The number of hydrogen-bond acceptors (Lipinski definition) is 3. The predicted octanol–water partition coefficient (Wildman–Crippen LogP) is 2.70. The van der Waals surface area contributed by atoms with Crippen LogP contribution in [-0.4, -0.2) is 17.1 Å². The van der Waals surface area contributed by atoms with E-state index >= 15 is 0 Å². The van der Waals surface area contributed by atoms with Gasteiger partial charge in [-0.1, -0.05) is 50.2 Å². The summed E-state index contributed by atoms with van der Waals surface area (Å²) in [5.74, 6) is 0.528. The fourth-order valence-corrected chi connectivity index (χ4v) is 2.32. The van der Waals surface area contributed by atoms with Gasteiger partial charge in [-0.2, -0.15) is 0 Å². The number of benzene rings is 2.